The number of hydrogen-bond acceptors (Lipinski definition) is 6. The average molecular weight is 259 g/mol. The molecule has 1 aromatic heterocycles. The van der Waals surface area contributed by atoms with Crippen molar-refractivity contribution >= 4 is 16.5 Å². The molecule has 1 atom stereocenters. The van der Waals surface area contributed by atoms with Crippen LogP contribution in [0.1, 0.15) is 12.6 Å². The summed E-state index contributed by atoms with van der Waals surface area (Å²) in [5.41, 5.74) is 6.50. The molecule has 98 valence electrons. The molecule has 0 spiro atoms. The van der Waals surface area contributed by atoms with E-state index in [4.69, 9.17) is 15.2 Å². The van der Waals surface area contributed by atoms with Crippen molar-refractivity contribution in [3.05, 3.63) is 11.1 Å². The summed E-state index contributed by atoms with van der Waals surface area (Å²) < 4.78 is 10.3. The Balaban J connectivity index is 2.73. The second-order valence-electron chi connectivity index (χ2n) is 3.82. The number of methoxy groups -OCH3 is 2. The van der Waals surface area contributed by atoms with Crippen LogP contribution in [0.2, 0.25) is 0 Å². The van der Waals surface area contributed by atoms with Crippen molar-refractivity contribution in [2.75, 3.05) is 38.9 Å². The Hall–Kier alpha value is -0.690. The number of hydrogen-bond donors (Lipinski definition) is 1. The van der Waals surface area contributed by atoms with E-state index in [-0.39, 0.29) is 6.04 Å². The fourth-order valence-electron chi connectivity index (χ4n) is 1.55. The summed E-state index contributed by atoms with van der Waals surface area (Å²) in [6, 6.07) is 0.270. The Bertz CT molecular complexity index is 319. The molecule has 0 aliphatic carbocycles. The standard InChI is InChI=1S/C11H21N3O2S/c1-9(7-16-3)14(4-5-15-2)11-13-10(6-12)8-17-11/h8-9H,4-7,12H2,1-3H3. The minimum absolute atomic E-state index is 0.270. The fraction of sp³-hybridized carbons (Fsp3) is 0.727. The second-order valence-corrected chi connectivity index (χ2v) is 4.65. The summed E-state index contributed by atoms with van der Waals surface area (Å²) >= 11 is 1.61. The Morgan fingerprint density at radius 3 is 2.76 bits per heavy atom. The monoisotopic (exact) mass is 259 g/mol. The Morgan fingerprint density at radius 1 is 1.47 bits per heavy atom. The SMILES string of the molecule is COCCN(c1nc(CN)cs1)C(C)COC. The minimum Gasteiger partial charge on any atom is -0.383 e. The van der Waals surface area contributed by atoms with Gasteiger partial charge in [-0.1, -0.05) is 0 Å². The molecule has 1 rings (SSSR count). The van der Waals surface area contributed by atoms with E-state index in [9.17, 15) is 0 Å². The first-order valence-corrected chi connectivity index (χ1v) is 6.49. The van der Waals surface area contributed by atoms with Crippen LogP contribution in [-0.4, -0.2) is 45.0 Å². The largest absolute Gasteiger partial charge is 0.383 e. The summed E-state index contributed by atoms with van der Waals surface area (Å²) in [6.45, 7) is 4.74. The number of nitrogens with two attached hydrogens (primary N) is 1. The molecule has 6 heteroatoms. The van der Waals surface area contributed by atoms with Crippen LogP contribution in [0.25, 0.3) is 0 Å². The summed E-state index contributed by atoms with van der Waals surface area (Å²) in [5.74, 6) is 0. The van der Waals surface area contributed by atoms with E-state index in [1.165, 1.54) is 0 Å². The van der Waals surface area contributed by atoms with Crippen molar-refractivity contribution in [1.82, 2.24) is 4.98 Å². The lowest BCUT2D eigenvalue weighted by Gasteiger charge is -2.28. The average Bonchev–Trinajstić information content (AvgIpc) is 2.78. The first-order valence-electron chi connectivity index (χ1n) is 5.61. The Labute approximate surface area is 107 Å². The van der Waals surface area contributed by atoms with Crippen molar-refractivity contribution in [2.45, 2.75) is 19.5 Å². The molecule has 0 bridgehead atoms. The molecule has 0 saturated carbocycles. The third kappa shape index (κ3) is 4.23. The van der Waals surface area contributed by atoms with Crippen LogP contribution in [0.3, 0.4) is 0 Å². The molecule has 0 aliphatic heterocycles. The smallest absolute Gasteiger partial charge is 0.185 e. The lowest BCUT2D eigenvalue weighted by molar-refractivity contribution is 0.171. The first kappa shape index (κ1) is 14.4. The predicted octanol–water partition coefficient (Wildman–Crippen LogP) is 1.09. The van der Waals surface area contributed by atoms with Crippen LogP contribution < -0.4 is 10.6 Å². The highest BCUT2D eigenvalue weighted by Gasteiger charge is 2.17. The third-order valence-electron chi connectivity index (χ3n) is 2.47. The van der Waals surface area contributed by atoms with Crippen LogP contribution >= 0.6 is 11.3 Å². The lowest BCUT2D eigenvalue weighted by Crippen LogP contribution is -2.38. The number of anilines is 1. The van der Waals surface area contributed by atoms with Gasteiger partial charge in [-0.3, -0.25) is 0 Å². The van der Waals surface area contributed by atoms with Crippen molar-refractivity contribution in [2.24, 2.45) is 5.73 Å². The van der Waals surface area contributed by atoms with Gasteiger partial charge in [-0.25, -0.2) is 4.98 Å². The van der Waals surface area contributed by atoms with Crippen LogP contribution in [0, 0.1) is 0 Å². The molecule has 0 amide bonds. The zero-order chi connectivity index (χ0) is 12.7. The number of aromatic nitrogens is 1. The highest BCUT2D eigenvalue weighted by molar-refractivity contribution is 7.13. The molecule has 17 heavy (non-hydrogen) atoms. The maximum absolute atomic E-state index is 5.57. The Morgan fingerprint density at radius 2 is 2.24 bits per heavy atom. The second kappa shape index (κ2) is 7.60. The van der Waals surface area contributed by atoms with Gasteiger partial charge in [0.1, 0.15) is 0 Å². The zero-order valence-electron chi connectivity index (χ0n) is 10.7. The van der Waals surface area contributed by atoms with Gasteiger partial charge < -0.3 is 20.1 Å². The molecule has 1 heterocycles. The van der Waals surface area contributed by atoms with E-state index < -0.39 is 0 Å². The number of nitrogens with zero attached hydrogens (tertiary/aromatic N) is 2. The van der Waals surface area contributed by atoms with Crippen LogP contribution in [0.5, 0.6) is 0 Å². The number of rotatable bonds is 8. The molecule has 2 N–H and O–H groups in total. The lowest BCUT2D eigenvalue weighted by atomic mass is 10.3. The van der Waals surface area contributed by atoms with E-state index in [0.717, 1.165) is 17.4 Å². The van der Waals surface area contributed by atoms with E-state index in [0.29, 0.717) is 19.8 Å². The van der Waals surface area contributed by atoms with E-state index >= 15 is 0 Å². The number of ether oxygens (including phenoxy) is 2. The maximum atomic E-state index is 5.57. The zero-order valence-corrected chi connectivity index (χ0v) is 11.5. The van der Waals surface area contributed by atoms with Crippen molar-refractivity contribution in [1.29, 1.82) is 0 Å². The summed E-state index contributed by atoms with van der Waals surface area (Å²) in [4.78, 5) is 6.68. The first-order chi connectivity index (χ1) is 8.22. The summed E-state index contributed by atoms with van der Waals surface area (Å²) in [7, 11) is 3.41. The van der Waals surface area contributed by atoms with Gasteiger partial charge in [-0.2, -0.15) is 0 Å². The molecule has 0 radical (unpaired) electrons. The minimum atomic E-state index is 0.270. The number of thiazole rings is 1. The topological polar surface area (TPSA) is 60.6 Å². The molecule has 0 aromatic carbocycles. The van der Waals surface area contributed by atoms with Gasteiger partial charge in [0.05, 0.1) is 24.9 Å². The third-order valence-corrected chi connectivity index (χ3v) is 3.40. The normalized spacial score (nSPS) is 12.7. The van der Waals surface area contributed by atoms with Crippen LogP contribution in [0.15, 0.2) is 5.38 Å². The van der Waals surface area contributed by atoms with Gasteiger partial charge in [0.15, 0.2) is 5.13 Å². The van der Waals surface area contributed by atoms with Crippen LogP contribution in [-0.2, 0) is 16.0 Å². The highest BCUT2D eigenvalue weighted by Crippen LogP contribution is 2.22. The molecular formula is C11H21N3O2S. The predicted molar refractivity (Wildman–Crippen MR) is 70.6 cm³/mol. The fourth-order valence-corrected chi connectivity index (χ4v) is 2.51. The van der Waals surface area contributed by atoms with E-state index in [1.807, 2.05) is 5.38 Å². The van der Waals surface area contributed by atoms with Gasteiger partial charge in [-0.05, 0) is 6.92 Å². The van der Waals surface area contributed by atoms with Crippen molar-refractivity contribution < 1.29 is 9.47 Å². The maximum Gasteiger partial charge on any atom is 0.185 e. The van der Waals surface area contributed by atoms with Crippen molar-refractivity contribution in [3.63, 3.8) is 0 Å². The van der Waals surface area contributed by atoms with E-state index in [2.05, 4.69) is 16.8 Å². The Kier molecular flexibility index (Phi) is 6.43. The molecule has 1 aromatic rings. The van der Waals surface area contributed by atoms with Crippen molar-refractivity contribution in [3.8, 4) is 0 Å². The van der Waals surface area contributed by atoms with Crippen LogP contribution in [0.4, 0.5) is 5.13 Å². The molecular weight excluding hydrogens is 238 g/mol. The van der Waals surface area contributed by atoms with Gasteiger partial charge in [0.2, 0.25) is 0 Å². The molecule has 5 nitrogen and oxygen atoms in total. The quantitative estimate of drug-likeness (QED) is 0.757. The molecule has 0 saturated heterocycles. The van der Waals surface area contributed by atoms with Gasteiger partial charge >= 0.3 is 0 Å². The highest BCUT2D eigenvalue weighted by atomic mass is 32.1. The van der Waals surface area contributed by atoms with Gasteiger partial charge in [0.25, 0.3) is 0 Å². The summed E-state index contributed by atoms with van der Waals surface area (Å²) in [5, 5.41) is 2.97. The van der Waals surface area contributed by atoms with Gasteiger partial charge in [0, 0.05) is 32.7 Å². The van der Waals surface area contributed by atoms with E-state index in [1.54, 1.807) is 25.6 Å². The molecule has 1 unspecified atom stereocenters. The molecule has 0 aliphatic rings. The molecule has 0 fully saturated rings. The van der Waals surface area contributed by atoms with Gasteiger partial charge in [-0.15, -0.1) is 11.3 Å². The summed E-state index contributed by atoms with van der Waals surface area (Å²) in [6.07, 6.45) is 0.